The van der Waals surface area contributed by atoms with Gasteiger partial charge in [0.15, 0.2) is 0 Å². The van der Waals surface area contributed by atoms with Crippen molar-refractivity contribution in [1.82, 2.24) is 15.5 Å². The Hall–Kier alpha value is -1.32. The van der Waals surface area contributed by atoms with Gasteiger partial charge in [0.25, 0.3) is 5.91 Å². The highest BCUT2D eigenvalue weighted by Gasteiger charge is 2.40. The predicted octanol–water partition coefficient (Wildman–Crippen LogP) is 2.56. The quantitative estimate of drug-likeness (QED) is 0.843. The topological polar surface area (TPSA) is 57.8 Å². The molecule has 0 unspecified atom stereocenters. The molecule has 0 aromatic carbocycles. The van der Waals surface area contributed by atoms with E-state index >= 15 is 0 Å². The first-order valence-corrected chi connectivity index (χ1v) is 7.00. The van der Waals surface area contributed by atoms with Crippen molar-refractivity contribution in [2.24, 2.45) is 5.41 Å². The van der Waals surface area contributed by atoms with E-state index in [9.17, 15) is 4.79 Å². The molecule has 2 aliphatic carbocycles. The summed E-state index contributed by atoms with van der Waals surface area (Å²) in [6.45, 7) is 1.91. The molecular weight excluding hydrogens is 226 g/mol. The van der Waals surface area contributed by atoms with Crippen LogP contribution in [0.1, 0.15) is 61.1 Å². The van der Waals surface area contributed by atoms with E-state index < -0.39 is 0 Å². The highest BCUT2D eigenvalue weighted by atomic mass is 16.2. The maximum atomic E-state index is 12.0. The van der Waals surface area contributed by atoms with Gasteiger partial charge in [-0.15, -0.1) is 0 Å². The molecule has 2 saturated carbocycles. The minimum atomic E-state index is -0.0334. The van der Waals surface area contributed by atoms with Gasteiger partial charge in [0.05, 0.1) is 0 Å². The third kappa shape index (κ3) is 2.16. The predicted molar refractivity (Wildman–Crippen MR) is 69.3 cm³/mol. The van der Waals surface area contributed by atoms with Crippen molar-refractivity contribution in [3.05, 3.63) is 17.5 Å². The number of H-pyrrole nitrogens is 1. The van der Waals surface area contributed by atoms with E-state index in [0.717, 1.165) is 18.5 Å². The van der Waals surface area contributed by atoms with Crippen molar-refractivity contribution in [1.29, 1.82) is 0 Å². The molecule has 1 aromatic rings. The van der Waals surface area contributed by atoms with Crippen LogP contribution < -0.4 is 5.32 Å². The van der Waals surface area contributed by atoms with Gasteiger partial charge in [-0.2, -0.15) is 5.10 Å². The third-order valence-corrected chi connectivity index (χ3v) is 4.73. The summed E-state index contributed by atoms with van der Waals surface area (Å²) in [5, 5.41) is 9.92. The molecular formula is C14H21N3O. The Kier molecular flexibility index (Phi) is 2.88. The Bertz CT molecular complexity index is 438. The molecule has 2 fully saturated rings. The van der Waals surface area contributed by atoms with Gasteiger partial charge in [-0.05, 0) is 56.9 Å². The summed E-state index contributed by atoms with van der Waals surface area (Å²) in [5.41, 5.74) is 2.10. The molecule has 3 rings (SSSR count). The molecule has 0 saturated heterocycles. The van der Waals surface area contributed by atoms with E-state index in [1.165, 1.54) is 32.1 Å². The highest BCUT2D eigenvalue weighted by molar-refractivity contribution is 5.92. The summed E-state index contributed by atoms with van der Waals surface area (Å²) in [6, 6.07) is 2.15. The molecule has 18 heavy (non-hydrogen) atoms. The molecule has 0 radical (unpaired) electrons. The van der Waals surface area contributed by atoms with Gasteiger partial charge in [0, 0.05) is 11.7 Å². The van der Waals surface area contributed by atoms with Crippen molar-refractivity contribution in [3.8, 4) is 0 Å². The van der Waals surface area contributed by atoms with Crippen LogP contribution in [0.15, 0.2) is 6.07 Å². The zero-order chi connectivity index (χ0) is 12.6. The first kappa shape index (κ1) is 11.8. The number of hydrogen-bond donors (Lipinski definition) is 2. The lowest BCUT2D eigenvalue weighted by Crippen LogP contribution is -2.43. The molecule has 0 atom stereocenters. The second kappa shape index (κ2) is 4.41. The van der Waals surface area contributed by atoms with Gasteiger partial charge in [0.2, 0.25) is 0 Å². The molecule has 1 aromatic heterocycles. The SMILES string of the molecule is Cc1cc(C(=O)NC2CCC3(CCC3)CC2)n[nH]1. The van der Waals surface area contributed by atoms with Crippen molar-refractivity contribution < 1.29 is 4.79 Å². The van der Waals surface area contributed by atoms with Crippen LogP contribution in [0, 0.1) is 12.3 Å². The maximum absolute atomic E-state index is 12.0. The number of carbonyl (C=O) groups excluding carboxylic acids is 1. The van der Waals surface area contributed by atoms with Crippen molar-refractivity contribution in [3.63, 3.8) is 0 Å². The van der Waals surface area contributed by atoms with Gasteiger partial charge in [-0.1, -0.05) is 6.42 Å². The molecule has 1 spiro atoms. The van der Waals surface area contributed by atoms with Crippen LogP contribution in [0.25, 0.3) is 0 Å². The molecule has 2 N–H and O–H groups in total. The van der Waals surface area contributed by atoms with E-state index in [1.54, 1.807) is 6.07 Å². The van der Waals surface area contributed by atoms with Crippen LogP contribution in [0.4, 0.5) is 0 Å². The first-order chi connectivity index (χ1) is 8.67. The van der Waals surface area contributed by atoms with Crippen LogP contribution in [0.2, 0.25) is 0 Å². The average Bonchev–Trinajstić information content (AvgIpc) is 2.75. The minimum Gasteiger partial charge on any atom is -0.348 e. The molecule has 1 amide bonds. The number of amides is 1. The molecule has 0 aliphatic heterocycles. The first-order valence-electron chi connectivity index (χ1n) is 7.00. The van der Waals surface area contributed by atoms with Crippen molar-refractivity contribution in [2.45, 2.75) is 57.9 Å². The van der Waals surface area contributed by atoms with Gasteiger partial charge < -0.3 is 5.32 Å². The summed E-state index contributed by atoms with van der Waals surface area (Å²) in [4.78, 5) is 12.0. The lowest BCUT2D eigenvalue weighted by atomic mass is 9.60. The van der Waals surface area contributed by atoms with Crippen LogP contribution in [0.3, 0.4) is 0 Å². The molecule has 4 heteroatoms. The second-order valence-corrected chi connectivity index (χ2v) is 6.04. The third-order valence-electron chi connectivity index (χ3n) is 4.73. The zero-order valence-electron chi connectivity index (χ0n) is 11.0. The Morgan fingerprint density at radius 1 is 1.39 bits per heavy atom. The van der Waals surface area contributed by atoms with E-state index in [0.29, 0.717) is 17.2 Å². The fourth-order valence-electron chi connectivity index (χ4n) is 3.34. The van der Waals surface area contributed by atoms with Gasteiger partial charge in [-0.25, -0.2) is 0 Å². The minimum absolute atomic E-state index is 0.0334. The standard InChI is InChI=1S/C14H21N3O/c1-10-9-12(17-16-10)13(18)15-11-3-7-14(8-4-11)5-2-6-14/h9,11H,2-8H2,1H3,(H,15,18)(H,16,17). The lowest BCUT2D eigenvalue weighted by Gasteiger charge is -2.47. The smallest absolute Gasteiger partial charge is 0.271 e. The number of carbonyl (C=O) groups is 1. The molecule has 2 aliphatic rings. The number of nitrogens with one attached hydrogen (secondary N) is 2. The summed E-state index contributed by atoms with van der Waals surface area (Å²) >= 11 is 0. The number of aromatic amines is 1. The monoisotopic (exact) mass is 247 g/mol. The molecule has 98 valence electrons. The second-order valence-electron chi connectivity index (χ2n) is 6.04. The van der Waals surface area contributed by atoms with Crippen molar-refractivity contribution >= 4 is 5.91 Å². The summed E-state index contributed by atoms with van der Waals surface area (Å²) in [7, 11) is 0. The van der Waals surface area contributed by atoms with Crippen LogP contribution in [-0.4, -0.2) is 22.1 Å². The molecule has 1 heterocycles. The van der Waals surface area contributed by atoms with Crippen molar-refractivity contribution in [2.75, 3.05) is 0 Å². The Morgan fingerprint density at radius 2 is 2.11 bits per heavy atom. The number of aryl methyl sites for hydroxylation is 1. The van der Waals surface area contributed by atoms with E-state index in [-0.39, 0.29) is 5.91 Å². The average molecular weight is 247 g/mol. The van der Waals surface area contributed by atoms with Crippen LogP contribution in [0.5, 0.6) is 0 Å². The van der Waals surface area contributed by atoms with E-state index in [4.69, 9.17) is 0 Å². The lowest BCUT2D eigenvalue weighted by molar-refractivity contribution is 0.0601. The maximum Gasteiger partial charge on any atom is 0.271 e. The summed E-state index contributed by atoms with van der Waals surface area (Å²) in [5.74, 6) is -0.0334. The Balaban J connectivity index is 1.53. The molecule has 4 nitrogen and oxygen atoms in total. The summed E-state index contributed by atoms with van der Waals surface area (Å²) in [6.07, 6.45) is 9.07. The van der Waals surface area contributed by atoms with Gasteiger partial charge in [-0.3, -0.25) is 9.89 Å². The number of nitrogens with zero attached hydrogens (tertiary/aromatic N) is 1. The Labute approximate surface area is 108 Å². The number of hydrogen-bond acceptors (Lipinski definition) is 2. The van der Waals surface area contributed by atoms with Gasteiger partial charge in [0.1, 0.15) is 5.69 Å². The van der Waals surface area contributed by atoms with Gasteiger partial charge >= 0.3 is 0 Å². The normalized spacial score (nSPS) is 22.7. The Morgan fingerprint density at radius 3 is 2.61 bits per heavy atom. The summed E-state index contributed by atoms with van der Waals surface area (Å²) < 4.78 is 0. The zero-order valence-corrected chi connectivity index (χ0v) is 11.0. The van der Waals surface area contributed by atoms with E-state index in [2.05, 4.69) is 15.5 Å². The largest absolute Gasteiger partial charge is 0.348 e. The number of rotatable bonds is 2. The van der Waals surface area contributed by atoms with Crippen LogP contribution in [-0.2, 0) is 0 Å². The fraction of sp³-hybridized carbons (Fsp3) is 0.714. The molecule has 0 bridgehead atoms. The van der Waals surface area contributed by atoms with E-state index in [1.807, 2.05) is 6.92 Å². The number of aromatic nitrogens is 2. The fourth-order valence-corrected chi connectivity index (χ4v) is 3.34. The van der Waals surface area contributed by atoms with Crippen LogP contribution >= 0.6 is 0 Å². The highest BCUT2D eigenvalue weighted by Crippen LogP contribution is 2.51.